The molecule has 0 fully saturated rings. The Hall–Kier alpha value is -1.07. The molecule has 0 aliphatic heterocycles. The lowest BCUT2D eigenvalue weighted by Gasteiger charge is -2.18. The molecule has 17 heavy (non-hydrogen) atoms. The van der Waals surface area contributed by atoms with E-state index in [0.717, 1.165) is 0 Å². The number of hydrogen-bond donors (Lipinski definition) is 0. The van der Waals surface area contributed by atoms with Crippen molar-refractivity contribution >= 4 is 13.3 Å². The third-order valence-electron chi connectivity index (χ3n) is 2.06. The topological polar surface area (TPSA) is 27.7 Å². The summed E-state index contributed by atoms with van der Waals surface area (Å²) in [7, 11) is 5.65. The Morgan fingerprint density at radius 2 is 1.88 bits per heavy atom. The monoisotopic (exact) mass is 238 g/mol. The average Bonchev–Trinajstić information content (AvgIpc) is 2.30. The van der Waals surface area contributed by atoms with Crippen molar-refractivity contribution in [2.24, 2.45) is 0 Å². The first-order chi connectivity index (χ1) is 8.17. The first-order valence-electron chi connectivity index (χ1n) is 5.58. The zero-order valence-electron chi connectivity index (χ0n) is 10.1. The van der Waals surface area contributed by atoms with Gasteiger partial charge in [-0.15, -0.1) is 0 Å². The first-order valence-corrected chi connectivity index (χ1v) is 5.58. The van der Waals surface area contributed by atoms with Gasteiger partial charge in [-0.1, -0.05) is 11.5 Å². The summed E-state index contributed by atoms with van der Waals surface area (Å²) in [5.41, 5.74) is 0.387. The molecular formula is C12H16BFO3. The molecule has 92 valence electrons. The average molecular weight is 238 g/mol. The molecule has 0 saturated heterocycles. The van der Waals surface area contributed by atoms with E-state index in [4.69, 9.17) is 22.1 Å². The summed E-state index contributed by atoms with van der Waals surface area (Å²) in [5.74, 6) is -0.0898. The minimum atomic E-state index is -0.465. The molecular weight excluding hydrogens is 222 g/mol. The molecule has 0 aliphatic carbocycles. The van der Waals surface area contributed by atoms with Crippen LogP contribution in [0.15, 0.2) is 18.2 Å². The molecule has 0 saturated carbocycles. The van der Waals surface area contributed by atoms with Crippen LogP contribution in [0.25, 0.3) is 0 Å². The highest BCUT2D eigenvalue weighted by Crippen LogP contribution is 2.10. The highest BCUT2D eigenvalue weighted by atomic mass is 19.1. The van der Waals surface area contributed by atoms with E-state index in [0.29, 0.717) is 24.4 Å². The molecule has 1 aromatic rings. The second kappa shape index (κ2) is 7.30. The van der Waals surface area contributed by atoms with Crippen LogP contribution in [0.2, 0.25) is 0 Å². The van der Waals surface area contributed by atoms with E-state index in [-0.39, 0.29) is 6.61 Å². The Bertz CT molecular complexity index is 341. The van der Waals surface area contributed by atoms with Gasteiger partial charge in [0.15, 0.2) is 6.29 Å². The maximum absolute atomic E-state index is 13.0. The lowest BCUT2D eigenvalue weighted by molar-refractivity contribution is -0.152. The zero-order valence-corrected chi connectivity index (χ0v) is 10.1. The lowest BCUT2D eigenvalue weighted by atomic mass is 9.95. The quantitative estimate of drug-likeness (QED) is 0.530. The van der Waals surface area contributed by atoms with Gasteiger partial charge in [-0.3, -0.25) is 0 Å². The van der Waals surface area contributed by atoms with Crippen molar-refractivity contribution in [3.63, 3.8) is 0 Å². The minimum Gasteiger partial charge on any atom is -0.489 e. The maximum Gasteiger partial charge on any atom is 0.191 e. The molecule has 0 heterocycles. The smallest absolute Gasteiger partial charge is 0.191 e. The number of ether oxygens (including phenoxy) is 3. The van der Waals surface area contributed by atoms with Crippen LogP contribution >= 0.6 is 0 Å². The fraction of sp³-hybridized carbons (Fsp3) is 0.500. The van der Waals surface area contributed by atoms with E-state index >= 15 is 0 Å². The molecule has 0 atom stereocenters. The number of benzene rings is 1. The molecule has 0 amide bonds. The molecule has 0 N–H and O–H groups in total. The number of halogens is 1. The van der Waals surface area contributed by atoms with Gasteiger partial charge in [0.2, 0.25) is 0 Å². The standard InChI is InChI=1S/C12H16BFO3/c1-3-15-12(16-4-2)8-17-11-7-9(14)5-6-10(11)13/h5-7,12H,3-4,8H2,1-2H3. The summed E-state index contributed by atoms with van der Waals surface area (Å²) in [4.78, 5) is 0. The Kier molecular flexibility index (Phi) is 6.01. The maximum atomic E-state index is 13.0. The van der Waals surface area contributed by atoms with Crippen molar-refractivity contribution in [2.45, 2.75) is 20.1 Å². The molecule has 5 heteroatoms. The van der Waals surface area contributed by atoms with Gasteiger partial charge in [-0.2, -0.15) is 0 Å². The van der Waals surface area contributed by atoms with Gasteiger partial charge in [0.25, 0.3) is 0 Å². The van der Waals surface area contributed by atoms with Gasteiger partial charge in [0.1, 0.15) is 26.0 Å². The predicted octanol–water partition coefficient (Wildman–Crippen LogP) is 1.40. The van der Waals surface area contributed by atoms with Crippen molar-refractivity contribution in [1.82, 2.24) is 0 Å². The summed E-state index contributed by atoms with van der Waals surface area (Å²) < 4.78 is 28.9. The molecule has 0 aliphatic rings. The van der Waals surface area contributed by atoms with Gasteiger partial charge in [-0.05, 0) is 19.9 Å². The SMILES string of the molecule is [B]c1ccc(F)cc1OCC(OCC)OCC. The van der Waals surface area contributed by atoms with E-state index in [1.807, 2.05) is 13.8 Å². The molecule has 3 nitrogen and oxygen atoms in total. The van der Waals surface area contributed by atoms with Crippen LogP contribution < -0.4 is 10.2 Å². The molecule has 0 aromatic heterocycles. The number of hydrogen-bond acceptors (Lipinski definition) is 3. The van der Waals surface area contributed by atoms with Crippen LogP contribution in [0.3, 0.4) is 0 Å². The molecule has 0 bridgehead atoms. The predicted molar refractivity (Wildman–Crippen MR) is 64.3 cm³/mol. The van der Waals surface area contributed by atoms with Crippen molar-refractivity contribution in [3.05, 3.63) is 24.0 Å². The van der Waals surface area contributed by atoms with Gasteiger partial charge in [-0.25, -0.2) is 4.39 Å². The van der Waals surface area contributed by atoms with Crippen molar-refractivity contribution in [3.8, 4) is 5.75 Å². The van der Waals surface area contributed by atoms with Gasteiger partial charge in [0, 0.05) is 19.3 Å². The molecule has 1 rings (SSSR count). The molecule has 1 aromatic carbocycles. The Morgan fingerprint density at radius 3 is 2.47 bits per heavy atom. The van der Waals surface area contributed by atoms with Gasteiger partial charge < -0.3 is 14.2 Å². The van der Waals surface area contributed by atoms with Crippen LogP contribution in [0.5, 0.6) is 5.75 Å². The summed E-state index contributed by atoms with van der Waals surface area (Å²) in [6.45, 7) is 4.94. The van der Waals surface area contributed by atoms with Crippen LogP contribution in [0, 0.1) is 5.82 Å². The van der Waals surface area contributed by atoms with Gasteiger partial charge in [0.05, 0.1) is 0 Å². The largest absolute Gasteiger partial charge is 0.489 e. The molecule has 0 spiro atoms. The third-order valence-corrected chi connectivity index (χ3v) is 2.06. The van der Waals surface area contributed by atoms with E-state index in [1.165, 1.54) is 18.2 Å². The highest BCUT2D eigenvalue weighted by Gasteiger charge is 2.10. The normalized spacial score (nSPS) is 10.8. The van der Waals surface area contributed by atoms with Crippen LogP contribution in [0.1, 0.15) is 13.8 Å². The number of rotatable bonds is 7. The Balaban J connectivity index is 2.55. The van der Waals surface area contributed by atoms with Crippen LogP contribution in [-0.2, 0) is 9.47 Å². The minimum absolute atomic E-state index is 0.176. The van der Waals surface area contributed by atoms with Crippen molar-refractivity contribution in [2.75, 3.05) is 19.8 Å². The zero-order chi connectivity index (χ0) is 12.7. The fourth-order valence-corrected chi connectivity index (χ4v) is 1.31. The van der Waals surface area contributed by atoms with E-state index < -0.39 is 12.1 Å². The highest BCUT2D eigenvalue weighted by molar-refractivity contribution is 6.34. The Labute approximate surface area is 102 Å². The summed E-state index contributed by atoms with van der Waals surface area (Å²) >= 11 is 0. The van der Waals surface area contributed by atoms with Crippen LogP contribution in [0.4, 0.5) is 4.39 Å². The third kappa shape index (κ3) is 4.75. The summed E-state index contributed by atoms with van der Waals surface area (Å²) in [5, 5.41) is 0. The van der Waals surface area contributed by atoms with E-state index in [2.05, 4.69) is 0 Å². The van der Waals surface area contributed by atoms with E-state index in [9.17, 15) is 4.39 Å². The van der Waals surface area contributed by atoms with Crippen molar-refractivity contribution < 1.29 is 18.6 Å². The van der Waals surface area contributed by atoms with Gasteiger partial charge >= 0.3 is 0 Å². The Morgan fingerprint density at radius 1 is 1.24 bits per heavy atom. The van der Waals surface area contributed by atoms with Crippen LogP contribution in [-0.4, -0.2) is 34.0 Å². The fourth-order valence-electron chi connectivity index (χ4n) is 1.31. The van der Waals surface area contributed by atoms with E-state index in [1.54, 1.807) is 0 Å². The second-order valence-electron chi connectivity index (χ2n) is 3.33. The molecule has 2 radical (unpaired) electrons. The summed E-state index contributed by atoms with van der Waals surface area (Å²) in [6, 6.07) is 3.98. The second-order valence-corrected chi connectivity index (χ2v) is 3.33. The summed E-state index contributed by atoms with van der Waals surface area (Å²) in [6.07, 6.45) is -0.465. The molecule has 0 unspecified atom stereocenters. The lowest BCUT2D eigenvalue weighted by Crippen LogP contribution is -2.26. The van der Waals surface area contributed by atoms with Crippen molar-refractivity contribution in [1.29, 1.82) is 0 Å². The first kappa shape index (κ1) is 14.0.